The Balaban J connectivity index is 2.61. The Bertz CT molecular complexity index is 291. The third-order valence-electron chi connectivity index (χ3n) is 1.62. The van der Waals surface area contributed by atoms with Gasteiger partial charge in [0.05, 0.1) is 5.69 Å². The molecule has 1 aromatic heterocycles. The molecule has 1 aromatic rings. The molecule has 0 aromatic carbocycles. The van der Waals surface area contributed by atoms with Crippen molar-refractivity contribution < 1.29 is 0 Å². The first kappa shape index (κ1) is 6.10. The maximum Gasteiger partial charge on any atom is 0.0525 e. The lowest BCUT2D eigenvalue weighted by atomic mass is 10.2. The molecule has 1 aliphatic carbocycles. The SMILES string of the molecule is BrC1=CCc2ncccc21. The fourth-order valence-corrected chi connectivity index (χ4v) is 1.64. The highest BCUT2D eigenvalue weighted by Crippen LogP contribution is 2.29. The van der Waals surface area contributed by atoms with Crippen LogP contribution in [0.4, 0.5) is 0 Å². The smallest absolute Gasteiger partial charge is 0.0525 e. The molecular formula is C8H6BrN. The van der Waals surface area contributed by atoms with Crippen molar-refractivity contribution in [2.24, 2.45) is 0 Å². The lowest BCUT2D eigenvalue weighted by molar-refractivity contribution is 1.13. The normalized spacial score (nSPS) is 14.7. The average molecular weight is 196 g/mol. The Labute approximate surface area is 67.9 Å². The molecule has 0 saturated carbocycles. The molecule has 50 valence electrons. The number of hydrogen-bond donors (Lipinski definition) is 0. The van der Waals surface area contributed by atoms with Gasteiger partial charge in [-0.3, -0.25) is 4.98 Å². The van der Waals surface area contributed by atoms with Crippen LogP contribution in [-0.4, -0.2) is 4.98 Å². The van der Waals surface area contributed by atoms with E-state index in [1.54, 1.807) is 0 Å². The van der Waals surface area contributed by atoms with Gasteiger partial charge < -0.3 is 0 Å². The van der Waals surface area contributed by atoms with Gasteiger partial charge in [0.1, 0.15) is 0 Å². The Morgan fingerprint density at radius 2 is 2.40 bits per heavy atom. The van der Waals surface area contributed by atoms with Crippen LogP contribution in [0.1, 0.15) is 11.3 Å². The van der Waals surface area contributed by atoms with Gasteiger partial charge in [-0.05, 0) is 6.07 Å². The van der Waals surface area contributed by atoms with Crippen LogP contribution in [0.25, 0.3) is 4.48 Å². The predicted molar refractivity (Wildman–Crippen MR) is 44.8 cm³/mol. The summed E-state index contributed by atoms with van der Waals surface area (Å²) in [6.45, 7) is 0. The topological polar surface area (TPSA) is 12.9 Å². The molecule has 0 bridgehead atoms. The number of hydrogen-bond acceptors (Lipinski definition) is 1. The average Bonchev–Trinajstić information content (AvgIpc) is 2.34. The molecule has 0 fully saturated rings. The number of fused-ring (bicyclic) bond motifs is 1. The van der Waals surface area contributed by atoms with Crippen LogP contribution >= 0.6 is 15.9 Å². The zero-order valence-electron chi connectivity index (χ0n) is 5.34. The molecule has 1 nitrogen and oxygen atoms in total. The van der Waals surface area contributed by atoms with Crippen LogP contribution in [-0.2, 0) is 6.42 Å². The number of pyridine rings is 1. The third kappa shape index (κ3) is 0.797. The van der Waals surface area contributed by atoms with Crippen LogP contribution in [0, 0.1) is 0 Å². The molecule has 0 radical (unpaired) electrons. The van der Waals surface area contributed by atoms with E-state index in [2.05, 4.69) is 33.1 Å². The maximum atomic E-state index is 4.23. The van der Waals surface area contributed by atoms with Gasteiger partial charge in [-0.15, -0.1) is 0 Å². The van der Waals surface area contributed by atoms with Gasteiger partial charge in [0.2, 0.25) is 0 Å². The van der Waals surface area contributed by atoms with Crippen molar-refractivity contribution in [3.8, 4) is 0 Å². The van der Waals surface area contributed by atoms with E-state index in [4.69, 9.17) is 0 Å². The minimum Gasteiger partial charge on any atom is -0.260 e. The van der Waals surface area contributed by atoms with Crippen LogP contribution < -0.4 is 0 Å². The van der Waals surface area contributed by atoms with Crippen LogP contribution in [0.3, 0.4) is 0 Å². The summed E-state index contributed by atoms with van der Waals surface area (Å²) in [5, 5.41) is 0. The Hall–Kier alpha value is -0.630. The largest absolute Gasteiger partial charge is 0.260 e. The quantitative estimate of drug-likeness (QED) is 0.620. The molecule has 10 heavy (non-hydrogen) atoms. The summed E-state index contributed by atoms with van der Waals surface area (Å²) in [6, 6.07) is 4.04. The fourth-order valence-electron chi connectivity index (χ4n) is 1.11. The van der Waals surface area contributed by atoms with Crippen molar-refractivity contribution in [1.29, 1.82) is 0 Å². The molecular weight excluding hydrogens is 190 g/mol. The van der Waals surface area contributed by atoms with Gasteiger partial charge in [0.15, 0.2) is 0 Å². The van der Waals surface area contributed by atoms with Crippen molar-refractivity contribution in [3.05, 3.63) is 35.7 Å². The van der Waals surface area contributed by atoms with Crippen molar-refractivity contribution >= 4 is 20.4 Å². The molecule has 0 aliphatic heterocycles. The first-order chi connectivity index (χ1) is 4.88. The van der Waals surface area contributed by atoms with Gasteiger partial charge in [-0.25, -0.2) is 0 Å². The standard InChI is InChI=1S/C8H6BrN/c9-7-3-4-8-6(7)2-1-5-10-8/h1-3,5H,4H2. The van der Waals surface area contributed by atoms with Gasteiger partial charge >= 0.3 is 0 Å². The summed E-state index contributed by atoms with van der Waals surface area (Å²) in [7, 11) is 0. The number of nitrogens with zero attached hydrogens (tertiary/aromatic N) is 1. The molecule has 2 rings (SSSR count). The van der Waals surface area contributed by atoms with Crippen molar-refractivity contribution in [2.45, 2.75) is 6.42 Å². The predicted octanol–water partition coefficient (Wildman–Crippen LogP) is 2.37. The molecule has 0 amide bonds. The molecule has 0 N–H and O–H groups in total. The summed E-state index contributed by atoms with van der Waals surface area (Å²) in [4.78, 5) is 4.23. The zero-order valence-corrected chi connectivity index (χ0v) is 6.93. The second-order valence-electron chi connectivity index (χ2n) is 2.25. The molecule has 0 unspecified atom stereocenters. The maximum absolute atomic E-state index is 4.23. The molecule has 1 aliphatic rings. The first-order valence-corrected chi connectivity index (χ1v) is 3.97. The highest BCUT2D eigenvalue weighted by molar-refractivity contribution is 9.15. The molecule has 2 heteroatoms. The second kappa shape index (κ2) is 2.20. The van der Waals surface area contributed by atoms with Gasteiger partial charge in [0.25, 0.3) is 0 Å². The molecule has 1 heterocycles. The first-order valence-electron chi connectivity index (χ1n) is 3.18. The van der Waals surface area contributed by atoms with Crippen LogP contribution in [0.15, 0.2) is 24.4 Å². The van der Waals surface area contributed by atoms with E-state index in [1.807, 2.05) is 12.3 Å². The van der Waals surface area contributed by atoms with E-state index < -0.39 is 0 Å². The molecule has 0 atom stereocenters. The summed E-state index contributed by atoms with van der Waals surface area (Å²) < 4.78 is 1.18. The van der Waals surface area contributed by atoms with Crippen molar-refractivity contribution in [1.82, 2.24) is 4.98 Å². The highest BCUT2D eigenvalue weighted by Gasteiger charge is 2.10. The number of rotatable bonds is 0. The number of halogens is 1. The second-order valence-corrected chi connectivity index (χ2v) is 3.11. The monoisotopic (exact) mass is 195 g/mol. The summed E-state index contributed by atoms with van der Waals surface area (Å²) in [5.74, 6) is 0. The van der Waals surface area contributed by atoms with E-state index in [1.165, 1.54) is 15.7 Å². The van der Waals surface area contributed by atoms with E-state index in [-0.39, 0.29) is 0 Å². The Morgan fingerprint density at radius 3 is 3.20 bits per heavy atom. The lowest BCUT2D eigenvalue weighted by Gasteiger charge is -1.95. The van der Waals surface area contributed by atoms with Crippen molar-refractivity contribution in [2.75, 3.05) is 0 Å². The van der Waals surface area contributed by atoms with Gasteiger partial charge in [-0.2, -0.15) is 0 Å². The van der Waals surface area contributed by atoms with Gasteiger partial charge in [0, 0.05) is 22.7 Å². The fraction of sp³-hybridized carbons (Fsp3) is 0.125. The van der Waals surface area contributed by atoms with E-state index in [0.717, 1.165) is 6.42 Å². The van der Waals surface area contributed by atoms with Crippen molar-refractivity contribution in [3.63, 3.8) is 0 Å². The van der Waals surface area contributed by atoms with Crippen LogP contribution in [0.2, 0.25) is 0 Å². The summed E-state index contributed by atoms with van der Waals surface area (Å²) in [6.07, 6.45) is 4.94. The molecule has 0 saturated heterocycles. The lowest BCUT2D eigenvalue weighted by Crippen LogP contribution is -1.84. The van der Waals surface area contributed by atoms with E-state index >= 15 is 0 Å². The Morgan fingerprint density at radius 1 is 1.50 bits per heavy atom. The minimum absolute atomic E-state index is 0.969. The van der Waals surface area contributed by atoms with Gasteiger partial charge in [-0.1, -0.05) is 28.1 Å². The van der Waals surface area contributed by atoms with E-state index in [9.17, 15) is 0 Å². The Kier molecular flexibility index (Phi) is 1.34. The number of allylic oxidation sites excluding steroid dienone is 1. The summed E-state index contributed by atoms with van der Waals surface area (Å²) >= 11 is 3.46. The zero-order chi connectivity index (χ0) is 6.97. The third-order valence-corrected chi connectivity index (χ3v) is 2.37. The highest BCUT2D eigenvalue weighted by atomic mass is 79.9. The number of aromatic nitrogens is 1. The minimum atomic E-state index is 0.969. The van der Waals surface area contributed by atoms with Crippen LogP contribution in [0.5, 0.6) is 0 Å². The van der Waals surface area contributed by atoms with E-state index in [0.29, 0.717) is 0 Å². The molecule has 0 spiro atoms. The summed E-state index contributed by atoms with van der Waals surface area (Å²) in [5.41, 5.74) is 2.41.